The molecule has 1 N–H and O–H groups in total. The highest BCUT2D eigenvalue weighted by Gasteiger charge is 2.37. The number of amides is 2. The van der Waals surface area contributed by atoms with Gasteiger partial charge in [0, 0.05) is 11.7 Å². The minimum atomic E-state index is -1.04. The number of rotatable bonds is 9. The van der Waals surface area contributed by atoms with Gasteiger partial charge < -0.3 is 18.9 Å². The Balaban J connectivity index is 1.49. The van der Waals surface area contributed by atoms with Crippen LogP contribution in [-0.4, -0.2) is 45.2 Å². The number of ether oxygens (including phenoxy) is 1. The zero-order valence-electron chi connectivity index (χ0n) is 21.6. The maximum absolute atomic E-state index is 13.9. The van der Waals surface area contributed by atoms with Crippen molar-refractivity contribution >= 4 is 17.5 Å². The molecule has 11 nitrogen and oxygen atoms in total. The number of carbonyl (C=O) groups is 2. The van der Waals surface area contributed by atoms with E-state index in [1.807, 2.05) is 6.92 Å². The van der Waals surface area contributed by atoms with E-state index < -0.39 is 11.9 Å². The standard InChI is InChI=1S/C27H30N6O5/c1-17-8-14-22(37-17)25(27(35)28-19-6-4-5-7-19)33(20-10-12-21(36-3)13-11-20)24(34)16-32-30-26(29-31-32)23-15-9-18(2)38-23/h8-15,19,25H,4-7,16H2,1-3H3,(H,28,35)/t25-/m0/s1. The summed E-state index contributed by atoms with van der Waals surface area (Å²) in [6.07, 6.45) is 3.94. The van der Waals surface area contributed by atoms with E-state index in [-0.39, 0.29) is 24.3 Å². The molecule has 1 aliphatic carbocycles. The normalized spacial score (nSPS) is 14.4. The third-order valence-electron chi connectivity index (χ3n) is 6.55. The molecule has 0 spiro atoms. The van der Waals surface area contributed by atoms with E-state index >= 15 is 0 Å². The Morgan fingerprint density at radius 3 is 2.39 bits per heavy atom. The van der Waals surface area contributed by atoms with Crippen molar-refractivity contribution < 1.29 is 23.2 Å². The smallest absolute Gasteiger partial charge is 0.251 e. The molecule has 0 aliphatic heterocycles. The van der Waals surface area contributed by atoms with Crippen LogP contribution in [-0.2, 0) is 16.1 Å². The van der Waals surface area contributed by atoms with E-state index in [9.17, 15) is 9.59 Å². The van der Waals surface area contributed by atoms with E-state index in [0.29, 0.717) is 34.5 Å². The minimum Gasteiger partial charge on any atom is -0.497 e. The van der Waals surface area contributed by atoms with Crippen LogP contribution in [0.5, 0.6) is 5.75 Å². The minimum absolute atomic E-state index is 0.0603. The highest BCUT2D eigenvalue weighted by Crippen LogP contribution is 2.32. The van der Waals surface area contributed by atoms with Crippen molar-refractivity contribution in [2.24, 2.45) is 0 Å². The molecule has 0 saturated heterocycles. The Morgan fingerprint density at radius 2 is 1.76 bits per heavy atom. The number of anilines is 1. The van der Waals surface area contributed by atoms with Crippen molar-refractivity contribution in [3.8, 4) is 17.3 Å². The lowest BCUT2D eigenvalue weighted by Gasteiger charge is -2.30. The van der Waals surface area contributed by atoms with Gasteiger partial charge in [-0.05, 0) is 80.4 Å². The number of nitrogens with zero attached hydrogens (tertiary/aromatic N) is 5. The van der Waals surface area contributed by atoms with Crippen LogP contribution in [0.15, 0.2) is 57.4 Å². The number of hydrogen-bond donors (Lipinski definition) is 1. The number of carbonyl (C=O) groups excluding carboxylic acids is 2. The fourth-order valence-electron chi connectivity index (χ4n) is 4.66. The molecule has 0 bridgehead atoms. The Labute approximate surface area is 219 Å². The molecular formula is C27H30N6O5. The van der Waals surface area contributed by atoms with Crippen LogP contribution in [0.2, 0.25) is 0 Å². The molecule has 3 heterocycles. The van der Waals surface area contributed by atoms with Crippen LogP contribution in [0.1, 0.15) is 49.0 Å². The number of nitrogens with one attached hydrogen (secondary N) is 1. The average molecular weight is 519 g/mol. The first-order valence-corrected chi connectivity index (χ1v) is 12.6. The SMILES string of the molecule is COc1ccc(N(C(=O)Cn2nnc(-c3ccc(C)o3)n2)[C@H](C(=O)NC2CCCC2)c2ccc(C)o2)cc1. The first-order valence-electron chi connectivity index (χ1n) is 12.6. The second-order valence-electron chi connectivity index (χ2n) is 9.36. The number of hydrogen-bond acceptors (Lipinski definition) is 8. The van der Waals surface area contributed by atoms with E-state index in [2.05, 4.69) is 20.7 Å². The first-order chi connectivity index (χ1) is 18.4. The zero-order chi connectivity index (χ0) is 26.6. The molecule has 5 rings (SSSR count). The van der Waals surface area contributed by atoms with Crippen LogP contribution < -0.4 is 15.0 Å². The number of aryl methyl sites for hydroxylation is 2. The van der Waals surface area contributed by atoms with Gasteiger partial charge >= 0.3 is 0 Å². The van der Waals surface area contributed by atoms with Gasteiger partial charge in [-0.2, -0.15) is 4.80 Å². The number of tetrazole rings is 1. The van der Waals surface area contributed by atoms with E-state index in [1.54, 1.807) is 62.6 Å². The van der Waals surface area contributed by atoms with Crippen molar-refractivity contribution in [1.29, 1.82) is 0 Å². The van der Waals surface area contributed by atoms with Gasteiger partial charge in [0.25, 0.3) is 11.8 Å². The van der Waals surface area contributed by atoms with E-state index in [0.717, 1.165) is 25.7 Å². The molecule has 11 heteroatoms. The quantitative estimate of drug-likeness (QED) is 0.352. The predicted molar refractivity (Wildman–Crippen MR) is 137 cm³/mol. The Morgan fingerprint density at radius 1 is 1.05 bits per heavy atom. The van der Waals surface area contributed by atoms with Crippen LogP contribution in [0.4, 0.5) is 5.69 Å². The lowest BCUT2D eigenvalue weighted by molar-refractivity contribution is -0.128. The molecule has 38 heavy (non-hydrogen) atoms. The van der Waals surface area contributed by atoms with Crippen molar-refractivity contribution in [3.05, 3.63) is 65.8 Å². The van der Waals surface area contributed by atoms with Gasteiger partial charge in [-0.25, -0.2) is 0 Å². The topological polar surface area (TPSA) is 129 Å². The maximum atomic E-state index is 13.9. The highest BCUT2D eigenvalue weighted by atomic mass is 16.5. The number of aromatic nitrogens is 4. The van der Waals surface area contributed by atoms with E-state index in [4.69, 9.17) is 13.6 Å². The summed E-state index contributed by atoms with van der Waals surface area (Å²) >= 11 is 0. The summed E-state index contributed by atoms with van der Waals surface area (Å²) in [7, 11) is 1.57. The largest absolute Gasteiger partial charge is 0.497 e. The van der Waals surface area contributed by atoms with Gasteiger partial charge in [-0.1, -0.05) is 12.8 Å². The highest BCUT2D eigenvalue weighted by molar-refractivity contribution is 6.01. The molecule has 4 aromatic rings. The Kier molecular flexibility index (Phi) is 7.25. The Bertz CT molecular complexity index is 1400. The van der Waals surface area contributed by atoms with Crippen LogP contribution in [0, 0.1) is 13.8 Å². The van der Waals surface area contributed by atoms with Gasteiger partial charge in [0.05, 0.1) is 7.11 Å². The van der Waals surface area contributed by atoms with E-state index in [1.165, 1.54) is 9.70 Å². The summed E-state index contributed by atoms with van der Waals surface area (Å²) in [4.78, 5) is 30.2. The third-order valence-corrected chi connectivity index (χ3v) is 6.55. The summed E-state index contributed by atoms with van der Waals surface area (Å²) < 4.78 is 16.8. The summed E-state index contributed by atoms with van der Waals surface area (Å²) in [5.41, 5.74) is 0.499. The van der Waals surface area contributed by atoms with Gasteiger partial charge in [-0.3, -0.25) is 14.5 Å². The lowest BCUT2D eigenvalue weighted by atomic mass is 10.1. The van der Waals surface area contributed by atoms with Gasteiger partial charge in [0.15, 0.2) is 11.8 Å². The average Bonchev–Trinajstić information content (AvgIpc) is 3.72. The second-order valence-corrected chi connectivity index (χ2v) is 9.36. The first kappa shape index (κ1) is 25.2. The number of benzene rings is 1. The van der Waals surface area contributed by atoms with Crippen LogP contribution in [0.25, 0.3) is 11.6 Å². The molecule has 1 atom stereocenters. The molecule has 0 unspecified atom stereocenters. The molecule has 1 aromatic carbocycles. The van der Waals surface area contributed by atoms with Crippen molar-refractivity contribution in [3.63, 3.8) is 0 Å². The molecule has 1 aliphatic rings. The Hall–Kier alpha value is -4.41. The summed E-state index contributed by atoms with van der Waals surface area (Å²) in [6, 6.07) is 13.0. The number of furan rings is 2. The molecule has 2 amide bonds. The molecule has 0 radical (unpaired) electrons. The van der Waals surface area contributed by atoms with Gasteiger partial charge in [-0.15, -0.1) is 10.2 Å². The summed E-state index contributed by atoms with van der Waals surface area (Å²) in [6.45, 7) is 3.36. The monoisotopic (exact) mass is 518 g/mol. The zero-order valence-corrected chi connectivity index (χ0v) is 21.6. The van der Waals surface area contributed by atoms with Gasteiger partial charge in [0.2, 0.25) is 5.82 Å². The number of methoxy groups -OCH3 is 1. The fraction of sp³-hybridized carbons (Fsp3) is 0.370. The third kappa shape index (κ3) is 5.46. The predicted octanol–water partition coefficient (Wildman–Crippen LogP) is 3.98. The van der Waals surface area contributed by atoms with Crippen LogP contribution >= 0.6 is 0 Å². The second kappa shape index (κ2) is 10.9. The molecule has 3 aromatic heterocycles. The lowest BCUT2D eigenvalue weighted by Crippen LogP contribution is -2.47. The summed E-state index contributed by atoms with van der Waals surface area (Å²) in [5.74, 6) is 2.31. The van der Waals surface area contributed by atoms with Crippen molar-refractivity contribution in [1.82, 2.24) is 25.5 Å². The molecule has 1 saturated carbocycles. The van der Waals surface area contributed by atoms with Crippen LogP contribution in [0.3, 0.4) is 0 Å². The maximum Gasteiger partial charge on any atom is 0.251 e. The molecular weight excluding hydrogens is 488 g/mol. The van der Waals surface area contributed by atoms with Gasteiger partial charge in [0.1, 0.15) is 29.6 Å². The van der Waals surface area contributed by atoms with Crippen molar-refractivity contribution in [2.45, 2.75) is 58.2 Å². The van der Waals surface area contributed by atoms with Crippen molar-refractivity contribution in [2.75, 3.05) is 12.0 Å². The molecule has 198 valence electrons. The fourth-order valence-corrected chi connectivity index (χ4v) is 4.66. The molecule has 1 fully saturated rings. The summed E-state index contributed by atoms with van der Waals surface area (Å²) in [5, 5.41) is 15.5.